The molecule has 2 aliphatic rings. The summed E-state index contributed by atoms with van der Waals surface area (Å²) in [5, 5.41) is 22.9. The van der Waals surface area contributed by atoms with Crippen LogP contribution in [-0.4, -0.2) is 61.9 Å². The Bertz CT molecular complexity index is 1250. The van der Waals surface area contributed by atoms with E-state index in [4.69, 9.17) is 19.9 Å². The fraction of sp³-hybridized carbons (Fsp3) is 0.364. The Labute approximate surface area is 191 Å². The molecular weight excluding hydrogens is 455 g/mol. The van der Waals surface area contributed by atoms with Crippen molar-refractivity contribution in [3.63, 3.8) is 0 Å². The number of hydrogen-bond donors (Lipinski definition) is 5. The molecule has 5 rings (SSSR count). The van der Waals surface area contributed by atoms with Crippen LogP contribution in [0.1, 0.15) is 34.6 Å². The number of amides is 1. The maximum atomic E-state index is 12.1. The number of fused-ring (bicyclic) bond motifs is 2. The number of aliphatic carboxylic acids is 1. The maximum Gasteiger partial charge on any atom is 0.490 e. The van der Waals surface area contributed by atoms with E-state index in [-0.39, 0.29) is 18.1 Å². The molecule has 1 aromatic carbocycles. The summed E-state index contributed by atoms with van der Waals surface area (Å²) in [5.41, 5.74) is 5.93. The summed E-state index contributed by atoms with van der Waals surface area (Å²) in [4.78, 5) is 33.9. The summed E-state index contributed by atoms with van der Waals surface area (Å²) >= 11 is 0. The summed E-state index contributed by atoms with van der Waals surface area (Å²) in [7, 11) is 0. The highest BCUT2D eigenvalue weighted by Gasteiger charge is 2.38. The summed E-state index contributed by atoms with van der Waals surface area (Å²) in [6.07, 6.45) is -3.03. The fourth-order valence-electron chi connectivity index (χ4n) is 3.86. The van der Waals surface area contributed by atoms with Crippen LogP contribution in [0.15, 0.2) is 24.3 Å². The van der Waals surface area contributed by atoms with Crippen molar-refractivity contribution in [1.29, 1.82) is 0 Å². The number of carboxylic acid groups (broad SMARTS) is 1. The summed E-state index contributed by atoms with van der Waals surface area (Å²) in [5.74, 6) is -2.04. The lowest BCUT2D eigenvalue weighted by molar-refractivity contribution is -0.192. The minimum absolute atomic E-state index is 0.0354. The van der Waals surface area contributed by atoms with Crippen LogP contribution in [0.4, 0.5) is 19.0 Å². The summed E-state index contributed by atoms with van der Waals surface area (Å²) < 4.78 is 31.7. The number of aromatic nitrogens is 3. The zero-order valence-electron chi connectivity index (χ0n) is 18.0. The van der Waals surface area contributed by atoms with E-state index >= 15 is 0 Å². The molecule has 0 saturated heterocycles. The number of carbonyl (C=O) groups is 2. The van der Waals surface area contributed by atoms with E-state index in [1.165, 1.54) is 0 Å². The average molecular weight is 477 g/mol. The topological polar surface area (TPSA) is 140 Å². The summed E-state index contributed by atoms with van der Waals surface area (Å²) in [6.45, 7) is 2.59. The molecule has 0 radical (unpaired) electrons. The van der Waals surface area contributed by atoms with Crippen molar-refractivity contribution >= 4 is 28.7 Å². The number of rotatable bonds is 3. The van der Waals surface area contributed by atoms with Crippen molar-refractivity contribution < 1.29 is 33.0 Å². The van der Waals surface area contributed by atoms with E-state index in [1.807, 2.05) is 31.2 Å². The van der Waals surface area contributed by atoms with Crippen LogP contribution in [0.5, 0.6) is 0 Å². The van der Waals surface area contributed by atoms with Gasteiger partial charge in [-0.15, -0.1) is 0 Å². The molecule has 34 heavy (non-hydrogen) atoms. The normalized spacial score (nSPS) is 19.4. The number of carbonyl (C=O) groups excluding carboxylic acids is 1. The molecule has 1 aliphatic heterocycles. The first kappa shape index (κ1) is 23.5. The second-order valence-electron chi connectivity index (χ2n) is 8.18. The van der Waals surface area contributed by atoms with Gasteiger partial charge in [-0.05, 0) is 31.9 Å². The van der Waals surface area contributed by atoms with Crippen LogP contribution >= 0.6 is 0 Å². The average Bonchev–Trinajstić information content (AvgIpc) is 3.18. The van der Waals surface area contributed by atoms with Gasteiger partial charge in [-0.3, -0.25) is 4.79 Å². The first-order valence-electron chi connectivity index (χ1n) is 10.6. The highest BCUT2D eigenvalue weighted by atomic mass is 19.4. The fourth-order valence-corrected chi connectivity index (χ4v) is 3.86. The predicted molar refractivity (Wildman–Crippen MR) is 116 cm³/mol. The minimum atomic E-state index is -5.08. The third-order valence-corrected chi connectivity index (χ3v) is 5.66. The molecule has 0 spiro atoms. The van der Waals surface area contributed by atoms with Crippen molar-refractivity contribution in [3.8, 4) is 11.3 Å². The van der Waals surface area contributed by atoms with E-state index in [0.29, 0.717) is 12.1 Å². The van der Waals surface area contributed by atoms with Gasteiger partial charge >= 0.3 is 12.1 Å². The second-order valence-corrected chi connectivity index (χ2v) is 8.18. The molecule has 5 N–H and O–H groups in total. The molecule has 1 fully saturated rings. The number of aromatic amines is 1. The van der Waals surface area contributed by atoms with Crippen LogP contribution in [-0.2, 0) is 11.2 Å². The van der Waals surface area contributed by atoms with Gasteiger partial charge < -0.3 is 25.8 Å². The third-order valence-electron chi connectivity index (χ3n) is 5.66. The Morgan fingerprint density at radius 3 is 2.53 bits per heavy atom. The summed E-state index contributed by atoms with van der Waals surface area (Å²) in [6, 6.07) is 8.04. The number of anilines is 1. The first-order valence-corrected chi connectivity index (χ1v) is 10.6. The van der Waals surface area contributed by atoms with Gasteiger partial charge in [0.25, 0.3) is 5.91 Å². The number of nitrogens with zero attached hydrogens (tertiary/aromatic N) is 2. The van der Waals surface area contributed by atoms with Gasteiger partial charge in [0, 0.05) is 36.0 Å². The van der Waals surface area contributed by atoms with E-state index in [0.717, 1.165) is 58.8 Å². The number of aliphatic hydroxyl groups is 1. The number of nitrogens with one attached hydrogen (secondary N) is 3. The molecule has 12 heteroatoms. The minimum Gasteiger partial charge on any atom is -0.475 e. The number of halogens is 3. The maximum absolute atomic E-state index is 12.1. The number of carboxylic acids is 1. The van der Waals surface area contributed by atoms with Gasteiger partial charge in [-0.2, -0.15) is 13.2 Å². The van der Waals surface area contributed by atoms with E-state index in [9.17, 15) is 23.1 Å². The first-order chi connectivity index (χ1) is 16.0. The van der Waals surface area contributed by atoms with Crippen LogP contribution in [0.25, 0.3) is 22.3 Å². The zero-order valence-corrected chi connectivity index (χ0v) is 18.0. The molecule has 3 aromatic rings. The lowest BCUT2D eigenvalue weighted by atomic mass is 9.89. The lowest BCUT2D eigenvalue weighted by Crippen LogP contribution is -2.39. The van der Waals surface area contributed by atoms with Crippen molar-refractivity contribution in [2.75, 3.05) is 11.9 Å². The Kier molecular flexibility index (Phi) is 6.17. The van der Waals surface area contributed by atoms with Crippen molar-refractivity contribution in [2.24, 2.45) is 0 Å². The molecule has 0 unspecified atom stereocenters. The van der Waals surface area contributed by atoms with Crippen LogP contribution in [0, 0.1) is 6.92 Å². The molecular formula is C22H22F3N5O4. The molecule has 180 valence electrons. The molecule has 1 aliphatic carbocycles. The standard InChI is InChI=1S/C20H21N5O2.C2HF3O2/c1-10-19(23-11-7-12(26)8-11)25-18-13(3-2-4-16(18)22-10)17-9-14-15(24-17)5-6-21-20(14)27;3-2(4,5)1(6)7/h2-4,9,11-12,24,26H,5-8H2,1H3,(H,21,27)(H,23,25);(H,6,7). The van der Waals surface area contributed by atoms with Crippen LogP contribution < -0.4 is 10.6 Å². The van der Waals surface area contributed by atoms with Crippen LogP contribution in [0.3, 0.4) is 0 Å². The van der Waals surface area contributed by atoms with E-state index in [2.05, 4.69) is 15.6 Å². The second kappa shape index (κ2) is 8.93. The Morgan fingerprint density at radius 1 is 1.21 bits per heavy atom. The number of H-pyrrole nitrogens is 1. The van der Waals surface area contributed by atoms with Gasteiger partial charge in [-0.1, -0.05) is 12.1 Å². The zero-order chi connectivity index (χ0) is 24.6. The molecule has 2 aromatic heterocycles. The quantitative estimate of drug-likeness (QED) is 0.391. The predicted octanol–water partition coefficient (Wildman–Crippen LogP) is 2.79. The monoisotopic (exact) mass is 477 g/mol. The SMILES string of the molecule is Cc1nc2cccc(-c3cc4c([nH]3)CCNC4=O)c2nc1NC1CC(O)C1.O=C(O)C(F)(F)F. The number of aryl methyl sites for hydroxylation is 1. The van der Waals surface area contributed by atoms with Gasteiger partial charge in [0.1, 0.15) is 11.3 Å². The molecule has 0 atom stereocenters. The smallest absolute Gasteiger partial charge is 0.475 e. The van der Waals surface area contributed by atoms with Crippen molar-refractivity contribution in [2.45, 2.75) is 44.5 Å². The Morgan fingerprint density at radius 2 is 1.91 bits per heavy atom. The number of para-hydroxylation sites is 1. The highest BCUT2D eigenvalue weighted by molar-refractivity contribution is 5.99. The number of benzene rings is 1. The Hall–Kier alpha value is -3.67. The number of aliphatic hydroxyl groups excluding tert-OH is 1. The van der Waals surface area contributed by atoms with Crippen molar-refractivity contribution in [1.82, 2.24) is 20.3 Å². The number of hydrogen-bond acceptors (Lipinski definition) is 6. The molecule has 1 saturated carbocycles. The molecule has 3 heterocycles. The van der Waals surface area contributed by atoms with Gasteiger partial charge in [-0.25, -0.2) is 14.8 Å². The molecule has 1 amide bonds. The van der Waals surface area contributed by atoms with Gasteiger partial charge in [0.15, 0.2) is 0 Å². The third kappa shape index (κ3) is 4.81. The van der Waals surface area contributed by atoms with Gasteiger partial charge in [0.05, 0.1) is 22.9 Å². The van der Waals surface area contributed by atoms with Crippen LogP contribution in [0.2, 0.25) is 0 Å². The molecule has 0 bridgehead atoms. The van der Waals surface area contributed by atoms with E-state index < -0.39 is 12.1 Å². The van der Waals surface area contributed by atoms with Gasteiger partial charge in [0.2, 0.25) is 0 Å². The largest absolute Gasteiger partial charge is 0.490 e. The number of alkyl halides is 3. The lowest BCUT2D eigenvalue weighted by Gasteiger charge is -2.32. The Balaban J connectivity index is 0.000000344. The molecule has 9 nitrogen and oxygen atoms in total. The highest BCUT2D eigenvalue weighted by Crippen LogP contribution is 2.31. The van der Waals surface area contributed by atoms with Crippen molar-refractivity contribution in [3.05, 3.63) is 41.2 Å². The van der Waals surface area contributed by atoms with E-state index in [1.54, 1.807) is 0 Å².